The topological polar surface area (TPSA) is 49.0 Å². The summed E-state index contributed by atoms with van der Waals surface area (Å²) in [5, 5.41) is 3.31. The van der Waals surface area contributed by atoms with E-state index < -0.39 is 8.80 Å². The Balaban J connectivity index is 2.42. The number of thiocarbonyl (C=S) groups is 1. The average Bonchev–Trinajstić information content (AvgIpc) is 2.49. The molecule has 0 radical (unpaired) electrons. The number of rotatable bonds is 11. The third-order valence-corrected chi connectivity index (χ3v) is 6.90. The molecular weight excluding hydrogens is 306 g/mol. The third-order valence-electron chi connectivity index (χ3n) is 3.29. The maximum atomic E-state index is 5.85. The average molecular weight is 336 g/mol. The van der Waals surface area contributed by atoms with Gasteiger partial charge in [0, 0.05) is 43.8 Å². The van der Waals surface area contributed by atoms with Gasteiger partial charge >= 0.3 is 8.80 Å². The highest BCUT2D eigenvalue weighted by atomic mass is 32.1. The fraction of sp³-hybridized carbons (Fsp3) is 0.929. The quantitative estimate of drug-likeness (QED) is 0.461. The lowest BCUT2D eigenvalue weighted by molar-refractivity contribution is 0.0685. The Morgan fingerprint density at radius 2 is 1.81 bits per heavy atom. The molecule has 1 aliphatic rings. The number of hydrogen-bond acceptors (Lipinski definition) is 6. The Morgan fingerprint density at radius 3 is 2.29 bits per heavy atom. The van der Waals surface area contributed by atoms with Gasteiger partial charge in [0.05, 0.1) is 6.61 Å². The van der Waals surface area contributed by atoms with E-state index in [0.717, 1.165) is 43.4 Å². The first-order valence-electron chi connectivity index (χ1n) is 7.94. The summed E-state index contributed by atoms with van der Waals surface area (Å²) in [6.07, 6.45) is 1.84. The predicted molar refractivity (Wildman–Crippen MR) is 89.9 cm³/mol. The summed E-state index contributed by atoms with van der Waals surface area (Å²) in [5.41, 5.74) is 0. The minimum absolute atomic E-state index is 0.0658. The van der Waals surface area contributed by atoms with Crippen molar-refractivity contribution in [3.8, 4) is 0 Å². The molecule has 0 aromatic carbocycles. The van der Waals surface area contributed by atoms with E-state index in [1.165, 1.54) is 0 Å². The molecule has 0 bridgehead atoms. The highest BCUT2D eigenvalue weighted by molar-refractivity contribution is 7.80. The van der Waals surface area contributed by atoms with E-state index in [2.05, 4.69) is 5.32 Å². The lowest BCUT2D eigenvalue weighted by atomic mass is 10.1. The Morgan fingerprint density at radius 1 is 1.19 bits per heavy atom. The van der Waals surface area contributed by atoms with Crippen LogP contribution in [0.5, 0.6) is 0 Å². The zero-order valence-corrected chi connectivity index (χ0v) is 15.3. The standard InChI is InChI=1S/C14H29NO4SSi/c1-4-17-21(18-5-2,19-6-3)11-7-8-14(20)13-12-15-9-10-16-13/h13,15H,4-12H2,1-3H3. The van der Waals surface area contributed by atoms with Gasteiger partial charge in [-0.25, -0.2) is 0 Å². The van der Waals surface area contributed by atoms with Crippen LogP contribution in [0.1, 0.15) is 33.6 Å². The minimum Gasteiger partial charge on any atom is -0.374 e. The van der Waals surface area contributed by atoms with E-state index in [1.54, 1.807) is 0 Å². The Hall–Kier alpha value is 0.107. The van der Waals surface area contributed by atoms with Gasteiger partial charge in [-0.3, -0.25) is 0 Å². The van der Waals surface area contributed by atoms with E-state index in [-0.39, 0.29) is 6.10 Å². The third kappa shape index (κ3) is 6.81. The summed E-state index contributed by atoms with van der Waals surface area (Å²) in [6, 6.07) is 0.808. The van der Waals surface area contributed by atoms with Crippen molar-refractivity contribution in [2.75, 3.05) is 39.5 Å². The smallest absolute Gasteiger partial charge is 0.374 e. The van der Waals surface area contributed by atoms with Crippen LogP contribution in [-0.4, -0.2) is 59.3 Å². The summed E-state index contributed by atoms with van der Waals surface area (Å²) < 4.78 is 23.2. The van der Waals surface area contributed by atoms with Crippen molar-refractivity contribution < 1.29 is 18.0 Å². The molecule has 0 aromatic rings. The largest absolute Gasteiger partial charge is 0.500 e. The number of ether oxygens (including phenoxy) is 1. The van der Waals surface area contributed by atoms with Gasteiger partial charge in [-0.1, -0.05) is 12.2 Å². The van der Waals surface area contributed by atoms with Crippen LogP contribution >= 0.6 is 12.2 Å². The van der Waals surface area contributed by atoms with Gasteiger partial charge in [0.2, 0.25) is 0 Å². The van der Waals surface area contributed by atoms with Crippen LogP contribution in [0.3, 0.4) is 0 Å². The van der Waals surface area contributed by atoms with Crippen molar-refractivity contribution in [3.05, 3.63) is 0 Å². The molecule has 0 aromatic heterocycles. The lowest BCUT2D eigenvalue weighted by Crippen LogP contribution is -2.46. The summed E-state index contributed by atoms with van der Waals surface area (Å²) >= 11 is 5.48. The second-order valence-electron chi connectivity index (χ2n) is 4.87. The molecule has 1 aliphatic heterocycles. The maximum absolute atomic E-state index is 5.85. The van der Waals surface area contributed by atoms with Gasteiger partial charge in [0.25, 0.3) is 0 Å². The number of morpholine rings is 1. The fourth-order valence-corrected chi connectivity index (χ4v) is 5.32. The second kappa shape index (κ2) is 10.8. The van der Waals surface area contributed by atoms with Crippen LogP contribution < -0.4 is 5.32 Å². The molecule has 7 heteroatoms. The highest BCUT2D eigenvalue weighted by Gasteiger charge is 2.39. The normalized spacial score (nSPS) is 19.7. The molecule has 1 rings (SSSR count). The first-order chi connectivity index (χ1) is 10.2. The van der Waals surface area contributed by atoms with Crippen LogP contribution in [0.25, 0.3) is 0 Å². The molecule has 124 valence electrons. The molecule has 1 fully saturated rings. The van der Waals surface area contributed by atoms with Crippen LogP contribution in [0.4, 0.5) is 0 Å². The molecule has 1 N–H and O–H groups in total. The van der Waals surface area contributed by atoms with Crippen molar-refractivity contribution in [2.45, 2.75) is 45.8 Å². The van der Waals surface area contributed by atoms with Crippen LogP contribution in [0, 0.1) is 0 Å². The summed E-state index contributed by atoms with van der Waals surface area (Å²) in [4.78, 5) is 0.981. The van der Waals surface area contributed by atoms with E-state index in [0.29, 0.717) is 19.8 Å². The molecule has 1 atom stereocenters. The van der Waals surface area contributed by atoms with Crippen molar-refractivity contribution in [2.24, 2.45) is 0 Å². The van der Waals surface area contributed by atoms with Gasteiger partial charge < -0.3 is 23.3 Å². The monoisotopic (exact) mass is 335 g/mol. The molecule has 21 heavy (non-hydrogen) atoms. The zero-order chi connectivity index (χ0) is 15.6. The van der Waals surface area contributed by atoms with Crippen LogP contribution in [-0.2, 0) is 18.0 Å². The van der Waals surface area contributed by atoms with Crippen LogP contribution in [0.2, 0.25) is 6.04 Å². The van der Waals surface area contributed by atoms with E-state index in [4.69, 9.17) is 30.2 Å². The minimum atomic E-state index is -2.53. The highest BCUT2D eigenvalue weighted by Crippen LogP contribution is 2.20. The molecule has 0 aliphatic carbocycles. The zero-order valence-electron chi connectivity index (χ0n) is 13.5. The lowest BCUT2D eigenvalue weighted by Gasteiger charge is -2.29. The Bertz CT molecular complexity index is 284. The van der Waals surface area contributed by atoms with Crippen molar-refractivity contribution in [1.82, 2.24) is 5.32 Å². The molecular formula is C14H29NO4SSi. The molecule has 1 heterocycles. The van der Waals surface area contributed by atoms with Gasteiger partial charge in [0.15, 0.2) is 0 Å². The fourth-order valence-electron chi connectivity index (χ4n) is 2.41. The van der Waals surface area contributed by atoms with Gasteiger partial charge in [-0.05, 0) is 33.6 Å². The predicted octanol–water partition coefficient (Wildman–Crippen LogP) is 2.17. The maximum Gasteiger partial charge on any atom is 0.500 e. The molecule has 0 spiro atoms. The molecule has 1 unspecified atom stereocenters. The van der Waals surface area contributed by atoms with Gasteiger partial charge in [-0.15, -0.1) is 0 Å². The van der Waals surface area contributed by atoms with Crippen molar-refractivity contribution >= 4 is 25.9 Å². The van der Waals surface area contributed by atoms with Gasteiger partial charge in [-0.2, -0.15) is 0 Å². The Kier molecular flexibility index (Phi) is 9.82. The van der Waals surface area contributed by atoms with E-state index in [9.17, 15) is 0 Å². The molecule has 1 saturated heterocycles. The summed E-state index contributed by atoms with van der Waals surface area (Å²) in [5.74, 6) is 0. The van der Waals surface area contributed by atoms with Crippen molar-refractivity contribution in [3.63, 3.8) is 0 Å². The molecule has 0 saturated carbocycles. The van der Waals surface area contributed by atoms with E-state index in [1.807, 2.05) is 20.8 Å². The SMILES string of the molecule is CCO[Si](CCCC(=S)C1CNCCO1)(OCC)OCC. The number of nitrogens with one attached hydrogen (secondary N) is 1. The van der Waals surface area contributed by atoms with E-state index >= 15 is 0 Å². The molecule has 5 nitrogen and oxygen atoms in total. The van der Waals surface area contributed by atoms with Crippen molar-refractivity contribution in [1.29, 1.82) is 0 Å². The van der Waals surface area contributed by atoms with Crippen LogP contribution in [0.15, 0.2) is 0 Å². The first kappa shape index (κ1) is 19.2. The first-order valence-corrected chi connectivity index (χ1v) is 10.3. The molecule has 0 amide bonds. The summed E-state index contributed by atoms with van der Waals surface area (Å²) in [6.45, 7) is 10.3. The number of hydrogen-bond donors (Lipinski definition) is 1. The second-order valence-corrected chi connectivity index (χ2v) is 8.12. The van der Waals surface area contributed by atoms with Gasteiger partial charge in [0.1, 0.15) is 6.10 Å². The summed E-state index contributed by atoms with van der Waals surface area (Å²) in [7, 11) is -2.53. The Labute approximate surface area is 135 Å².